The van der Waals surface area contributed by atoms with Crippen molar-refractivity contribution in [3.63, 3.8) is 0 Å². The average molecular weight is 164 g/mol. The number of rotatable bonds is 0. The number of hydrogen-bond acceptors (Lipinski definition) is 1. The quantitative estimate of drug-likeness (QED) is 0.535. The normalized spacial score (nSPS) is 35.2. The molecule has 2 rings (SSSR count). The highest BCUT2D eigenvalue weighted by Crippen LogP contribution is 2.42. The fourth-order valence-corrected chi connectivity index (χ4v) is 2.21. The van der Waals surface area contributed by atoms with E-state index in [2.05, 4.69) is 26.0 Å². The average Bonchev–Trinajstić information content (AvgIpc) is 2.04. The van der Waals surface area contributed by atoms with E-state index in [1.165, 1.54) is 24.0 Å². The summed E-state index contributed by atoms with van der Waals surface area (Å²) in [4.78, 5) is 0. The lowest BCUT2D eigenvalue weighted by Gasteiger charge is -2.38. The van der Waals surface area contributed by atoms with Crippen LogP contribution in [0.25, 0.3) is 0 Å². The van der Waals surface area contributed by atoms with Crippen LogP contribution in [0, 0.1) is 5.41 Å². The van der Waals surface area contributed by atoms with Gasteiger partial charge in [-0.15, -0.1) is 0 Å². The van der Waals surface area contributed by atoms with Crippen molar-refractivity contribution in [1.82, 2.24) is 0 Å². The van der Waals surface area contributed by atoms with Crippen LogP contribution in [-0.4, -0.2) is 13.2 Å². The van der Waals surface area contributed by atoms with Gasteiger partial charge in [-0.2, -0.15) is 0 Å². The Morgan fingerprint density at radius 3 is 3.08 bits per heavy atom. The zero-order valence-corrected chi connectivity index (χ0v) is 7.89. The van der Waals surface area contributed by atoms with Crippen molar-refractivity contribution >= 4 is 0 Å². The number of fused-ring (bicyclic) bond motifs is 1. The van der Waals surface area contributed by atoms with E-state index in [1.807, 2.05) is 0 Å². The minimum absolute atomic E-state index is 0.414. The Bertz CT molecular complexity index is 250. The third-order valence-electron chi connectivity index (χ3n) is 3.19. The highest BCUT2D eigenvalue weighted by Gasteiger charge is 2.33. The van der Waals surface area contributed by atoms with Crippen LogP contribution in [0.3, 0.4) is 0 Å². The van der Waals surface area contributed by atoms with E-state index < -0.39 is 0 Å². The summed E-state index contributed by atoms with van der Waals surface area (Å²) in [7, 11) is 0. The third-order valence-corrected chi connectivity index (χ3v) is 3.19. The summed E-state index contributed by atoms with van der Waals surface area (Å²) in [5.41, 5.74) is 3.36. The van der Waals surface area contributed by atoms with Gasteiger partial charge in [-0.1, -0.05) is 19.1 Å². The molecule has 0 bridgehead atoms. The number of ether oxygens (including phenoxy) is 1. The largest absolute Gasteiger partial charge is 0.377 e. The van der Waals surface area contributed by atoms with Gasteiger partial charge >= 0.3 is 0 Å². The minimum Gasteiger partial charge on any atom is -0.377 e. The van der Waals surface area contributed by atoms with Gasteiger partial charge in [0.1, 0.15) is 0 Å². The van der Waals surface area contributed by atoms with Gasteiger partial charge in [0.25, 0.3) is 0 Å². The lowest BCUT2D eigenvalue weighted by Crippen LogP contribution is -2.31. The molecular weight excluding hydrogens is 148 g/mol. The van der Waals surface area contributed by atoms with E-state index in [1.54, 1.807) is 0 Å². The zero-order chi connectivity index (χ0) is 8.60. The van der Waals surface area contributed by atoms with Gasteiger partial charge in [0, 0.05) is 6.61 Å². The van der Waals surface area contributed by atoms with E-state index >= 15 is 0 Å². The maximum absolute atomic E-state index is 5.48. The molecule has 0 aromatic heterocycles. The summed E-state index contributed by atoms with van der Waals surface area (Å²) in [6, 6.07) is 0. The highest BCUT2D eigenvalue weighted by atomic mass is 16.5. The molecule has 66 valence electrons. The van der Waals surface area contributed by atoms with Crippen LogP contribution in [-0.2, 0) is 4.74 Å². The van der Waals surface area contributed by atoms with Gasteiger partial charge in [-0.3, -0.25) is 0 Å². The SMILES string of the molecule is CC1=C2COCCC2(C)CC=C1. The molecule has 1 heteroatoms. The monoisotopic (exact) mass is 164 g/mol. The molecule has 1 nitrogen and oxygen atoms in total. The zero-order valence-electron chi connectivity index (χ0n) is 7.89. The Hall–Kier alpha value is -0.560. The van der Waals surface area contributed by atoms with Crippen molar-refractivity contribution in [3.05, 3.63) is 23.3 Å². The molecule has 1 aliphatic heterocycles. The smallest absolute Gasteiger partial charge is 0.0687 e. The lowest BCUT2D eigenvalue weighted by molar-refractivity contribution is 0.0730. The van der Waals surface area contributed by atoms with Crippen molar-refractivity contribution in [2.45, 2.75) is 26.7 Å². The molecule has 0 radical (unpaired) electrons. The first-order valence-electron chi connectivity index (χ1n) is 4.67. The number of allylic oxidation sites excluding steroid dienone is 3. The Kier molecular flexibility index (Phi) is 1.84. The molecule has 2 aliphatic rings. The second-order valence-electron chi connectivity index (χ2n) is 4.13. The predicted molar refractivity (Wildman–Crippen MR) is 50.0 cm³/mol. The molecule has 1 aliphatic carbocycles. The second kappa shape index (κ2) is 2.74. The van der Waals surface area contributed by atoms with Gasteiger partial charge < -0.3 is 4.74 Å². The first-order valence-corrected chi connectivity index (χ1v) is 4.67. The molecule has 1 fully saturated rings. The standard InChI is InChI=1S/C11H16O/c1-9-4-3-5-11(2)6-7-12-8-10(9)11/h3-4H,5-8H2,1-2H3. The van der Waals surface area contributed by atoms with Gasteiger partial charge in [0.2, 0.25) is 0 Å². The molecule has 1 saturated heterocycles. The van der Waals surface area contributed by atoms with Crippen LogP contribution < -0.4 is 0 Å². The molecule has 1 heterocycles. The highest BCUT2D eigenvalue weighted by molar-refractivity contribution is 5.34. The topological polar surface area (TPSA) is 9.23 Å². The third kappa shape index (κ3) is 1.13. The van der Waals surface area contributed by atoms with Crippen LogP contribution in [0.5, 0.6) is 0 Å². The molecule has 0 spiro atoms. The van der Waals surface area contributed by atoms with Gasteiger partial charge in [0.15, 0.2) is 0 Å². The van der Waals surface area contributed by atoms with E-state index in [4.69, 9.17) is 4.74 Å². The molecule has 0 aromatic rings. The lowest BCUT2D eigenvalue weighted by atomic mass is 9.71. The Morgan fingerprint density at radius 2 is 2.33 bits per heavy atom. The van der Waals surface area contributed by atoms with Gasteiger partial charge in [0.05, 0.1) is 6.61 Å². The summed E-state index contributed by atoms with van der Waals surface area (Å²) in [5.74, 6) is 0. The van der Waals surface area contributed by atoms with E-state index in [0.29, 0.717) is 5.41 Å². The van der Waals surface area contributed by atoms with Crippen molar-refractivity contribution in [1.29, 1.82) is 0 Å². The maximum Gasteiger partial charge on any atom is 0.0687 e. The first kappa shape index (κ1) is 8.06. The van der Waals surface area contributed by atoms with Gasteiger partial charge in [-0.25, -0.2) is 0 Å². The van der Waals surface area contributed by atoms with Crippen LogP contribution in [0.15, 0.2) is 23.3 Å². The Balaban J connectivity index is 2.36. The molecule has 0 N–H and O–H groups in total. The molecule has 1 atom stereocenters. The summed E-state index contributed by atoms with van der Waals surface area (Å²) in [6.45, 7) is 6.34. The molecular formula is C11H16O. The van der Waals surface area contributed by atoms with E-state index in [-0.39, 0.29) is 0 Å². The van der Waals surface area contributed by atoms with Crippen molar-refractivity contribution in [2.24, 2.45) is 5.41 Å². The van der Waals surface area contributed by atoms with Crippen LogP contribution in [0.4, 0.5) is 0 Å². The minimum atomic E-state index is 0.414. The molecule has 12 heavy (non-hydrogen) atoms. The molecule has 0 aromatic carbocycles. The Morgan fingerprint density at radius 1 is 1.50 bits per heavy atom. The predicted octanol–water partition coefficient (Wildman–Crippen LogP) is 2.69. The van der Waals surface area contributed by atoms with Crippen LogP contribution in [0.1, 0.15) is 26.7 Å². The van der Waals surface area contributed by atoms with Crippen molar-refractivity contribution < 1.29 is 4.74 Å². The van der Waals surface area contributed by atoms with Crippen LogP contribution >= 0.6 is 0 Å². The van der Waals surface area contributed by atoms with Crippen LogP contribution in [0.2, 0.25) is 0 Å². The first-order chi connectivity index (χ1) is 5.72. The summed E-state index contributed by atoms with van der Waals surface area (Å²) >= 11 is 0. The molecule has 1 unspecified atom stereocenters. The maximum atomic E-state index is 5.48. The van der Waals surface area contributed by atoms with Crippen molar-refractivity contribution in [2.75, 3.05) is 13.2 Å². The molecule has 0 amide bonds. The summed E-state index contributed by atoms with van der Waals surface area (Å²) in [6.07, 6.45) is 6.91. The second-order valence-corrected chi connectivity index (χ2v) is 4.13. The van der Waals surface area contributed by atoms with Crippen molar-refractivity contribution in [3.8, 4) is 0 Å². The summed E-state index contributed by atoms with van der Waals surface area (Å²) < 4.78 is 5.48. The summed E-state index contributed by atoms with van der Waals surface area (Å²) in [5, 5.41) is 0. The van der Waals surface area contributed by atoms with E-state index in [0.717, 1.165) is 13.2 Å². The fraction of sp³-hybridized carbons (Fsp3) is 0.636. The molecule has 0 saturated carbocycles. The number of hydrogen-bond donors (Lipinski definition) is 0. The van der Waals surface area contributed by atoms with E-state index in [9.17, 15) is 0 Å². The Labute approximate surface area is 74.1 Å². The van der Waals surface area contributed by atoms with Gasteiger partial charge in [-0.05, 0) is 36.3 Å². The fourth-order valence-electron chi connectivity index (χ4n) is 2.21.